The number of ether oxygens (including phenoxy) is 2. The number of H-pyrrole nitrogens is 1. The van der Waals surface area contributed by atoms with E-state index in [4.69, 9.17) is 9.47 Å². The van der Waals surface area contributed by atoms with E-state index in [2.05, 4.69) is 4.98 Å². The third kappa shape index (κ3) is 1.48. The summed E-state index contributed by atoms with van der Waals surface area (Å²) in [6.45, 7) is 3.71. The van der Waals surface area contributed by atoms with Crippen molar-refractivity contribution in [2.24, 2.45) is 5.92 Å². The smallest absolute Gasteiger partial charge is 0.330 e. The fourth-order valence-corrected chi connectivity index (χ4v) is 2.33. The van der Waals surface area contributed by atoms with Crippen LogP contribution in [-0.2, 0) is 9.47 Å². The first-order valence-corrected chi connectivity index (χ1v) is 5.76. The first-order valence-electron chi connectivity index (χ1n) is 5.76. The number of hydrogen-bond acceptors (Lipinski definition) is 5. The molecule has 7 heteroatoms. The van der Waals surface area contributed by atoms with E-state index in [0.717, 1.165) is 0 Å². The number of nitrogens with zero attached hydrogens (tertiary/aromatic N) is 1. The molecule has 0 radical (unpaired) electrons. The molecule has 1 spiro atoms. The number of rotatable bonds is 1. The van der Waals surface area contributed by atoms with Gasteiger partial charge in [-0.15, -0.1) is 0 Å². The van der Waals surface area contributed by atoms with Crippen molar-refractivity contribution >= 4 is 0 Å². The number of aryl methyl sites for hydroxylation is 1. The summed E-state index contributed by atoms with van der Waals surface area (Å²) in [7, 11) is 0. The third-order valence-electron chi connectivity index (χ3n) is 3.57. The van der Waals surface area contributed by atoms with Crippen LogP contribution in [0.2, 0.25) is 0 Å². The Bertz CT molecular complexity index is 600. The van der Waals surface area contributed by atoms with Crippen molar-refractivity contribution in [3.8, 4) is 0 Å². The average Bonchev–Trinajstić information content (AvgIpc) is 3.06. The molecule has 98 valence electrons. The minimum Gasteiger partial charge on any atom is -0.387 e. The number of aromatic amines is 1. The molecular formula is C11H14N2O5. The first kappa shape index (κ1) is 11.6. The van der Waals surface area contributed by atoms with E-state index in [1.807, 2.05) is 0 Å². The van der Waals surface area contributed by atoms with Crippen LogP contribution < -0.4 is 11.2 Å². The molecule has 2 aliphatic rings. The van der Waals surface area contributed by atoms with E-state index in [1.165, 1.54) is 10.8 Å². The van der Waals surface area contributed by atoms with Crippen molar-refractivity contribution in [2.75, 3.05) is 6.61 Å². The van der Waals surface area contributed by atoms with E-state index in [0.29, 0.717) is 12.2 Å². The lowest BCUT2D eigenvalue weighted by Crippen LogP contribution is -2.35. The zero-order chi connectivity index (χ0) is 13.1. The predicted molar refractivity (Wildman–Crippen MR) is 60.0 cm³/mol. The zero-order valence-electron chi connectivity index (χ0n) is 10.0. The molecular weight excluding hydrogens is 240 g/mol. The SMILES string of the molecule is Cc1cn(C2OC3(CO3)C(O)C2C)c(=O)[nH]c1=O. The summed E-state index contributed by atoms with van der Waals surface area (Å²) in [6, 6.07) is 0. The summed E-state index contributed by atoms with van der Waals surface area (Å²) in [6.07, 6.45) is 0.0309. The molecule has 2 fully saturated rings. The summed E-state index contributed by atoms with van der Waals surface area (Å²) < 4.78 is 12.0. The van der Waals surface area contributed by atoms with Gasteiger partial charge < -0.3 is 14.6 Å². The number of aliphatic hydroxyl groups excluding tert-OH is 1. The van der Waals surface area contributed by atoms with Crippen molar-refractivity contribution in [3.63, 3.8) is 0 Å². The summed E-state index contributed by atoms with van der Waals surface area (Å²) in [5, 5.41) is 10.00. The highest BCUT2D eigenvalue weighted by Crippen LogP contribution is 2.48. The number of aliphatic hydroxyl groups is 1. The van der Waals surface area contributed by atoms with E-state index in [-0.39, 0.29) is 5.92 Å². The molecule has 2 aliphatic heterocycles. The van der Waals surface area contributed by atoms with Gasteiger partial charge in [0.05, 0.1) is 0 Å². The molecule has 2 saturated heterocycles. The van der Waals surface area contributed by atoms with Crippen LogP contribution in [0, 0.1) is 12.8 Å². The monoisotopic (exact) mass is 254 g/mol. The Labute approximate surface area is 102 Å². The second-order valence-electron chi connectivity index (χ2n) is 4.89. The number of aromatic nitrogens is 2. The van der Waals surface area contributed by atoms with Crippen LogP contribution in [0.3, 0.4) is 0 Å². The number of epoxide rings is 1. The number of hydrogen-bond donors (Lipinski definition) is 2. The maximum absolute atomic E-state index is 11.8. The fourth-order valence-electron chi connectivity index (χ4n) is 2.33. The van der Waals surface area contributed by atoms with Gasteiger partial charge in [-0.2, -0.15) is 0 Å². The standard InChI is InChI=1S/C11H14N2O5/c1-5-3-13(10(16)12-8(5)15)9-6(2)7(14)11(18-9)4-17-11/h3,6-7,9,14H,4H2,1-2H3,(H,12,15,16). The molecule has 0 bridgehead atoms. The van der Waals surface area contributed by atoms with Crippen molar-refractivity contribution in [3.05, 3.63) is 32.6 Å². The molecule has 3 heterocycles. The van der Waals surface area contributed by atoms with E-state index >= 15 is 0 Å². The highest BCUT2D eigenvalue weighted by molar-refractivity contribution is 5.05. The molecule has 7 nitrogen and oxygen atoms in total. The van der Waals surface area contributed by atoms with Gasteiger partial charge in [0.15, 0.2) is 0 Å². The Morgan fingerprint density at radius 2 is 2.22 bits per heavy atom. The molecule has 18 heavy (non-hydrogen) atoms. The Hall–Kier alpha value is -1.44. The minimum absolute atomic E-state index is 0.296. The summed E-state index contributed by atoms with van der Waals surface area (Å²) in [5.74, 6) is -1.26. The molecule has 0 saturated carbocycles. The third-order valence-corrected chi connectivity index (χ3v) is 3.57. The topological polar surface area (TPSA) is 96.8 Å². The lowest BCUT2D eigenvalue weighted by molar-refractivity contribution is -0.0985. The second-order valence-corrected chi connectivity index (χ2v) is 4.89. The Morgan fingerprint density at radius 3 is 2.78 bits per heavy atom. The van der Waals surface area contributed by atoms with E-state index < -0.39 is 29.4 Å². The highest BCUT2D eigenvalue weighted by atomic mass is 16.8. The summed E-state index contributed by atoms with van der Waals surface area (Å²) in [4.78, 5) is 25.3. The molecule has 4 unspecified atom stereocenters. The summed E-state index contributed by atoms with van der Waals surface area (Å²) in [5.41, 5.74) is -0.551. The second kappa shape index (κ2) is 3.53. The molecule has 0 amide bonds. The minimum atomic E-state index is -0.965. The van der Waals surface area contributed by atoms with Gasteiger partial charge in [-0.3, -0.25) is 14.3 Å². The van der Waals surface area contributed by atoms with Crippen molar-refractivity contribution in [2.45, 2.75) is 32.0 Å². The number of nitrogens with one attached hydrogen (secondary N) is 1. The van der Waals surface area contributed by atoms with E-state index in [1.54, 1.807) is 13.8 Å². The predicted octanol–water partition coefficient (Wildman–Crippen LogP) is -0.903. The lowest BCUT2D eigenvalue weighted by atomic mass is 10.0. The molecule has 0 aromatic carbocycles. The Morgan fingerprint density at radius 1 is 1.56 bits per heavy atom. The zero-order valence-corrected chi connectivity index (χ0v) is 10.0. The summed E-state index contributed by atoms with van der Waals surface area (Å²) >= 11 is 0. The van der Waals surface area contributed by atoms with Crippen LogP contribution in [0.15, 0.2) is 15.8 Å². The van der Waals surface area contributed by atoms with Crippen LogP contribution in [-0.4, -0.2) is 33.2 Å². The van der Waals surface area contributed by atoms with Gasteiger partial charge in [0.1, 0.15) is 18.9 Å². The molecule has 1 aromatic heterocycles. The van der Waals surface area contributed by atoms with Crippen molar-refractivity contribution < 1.29 is 14.6 Å². The molecule has 4 atom stereocenters. The Balaban J connectivity index is 2.04. The van der Waals surface area contributed by atoms with Gasteiger partial charge in [-0.05, 0) is 6.92 Å². The lowest BCUT2D eigenvalue weighted by Gasteiger charge is -2.17. The van der Waals surface area contributed by atoms with Crippen LogP contribution >= 0.6 is 0 Å². The van der Waals surface area contributed by atoms with Gasteiger partial charge in [0.25, 0.3) is 5.56 Å². The quantitative estimate of drug-likeness (QED) is 0.633. The maximum atomic E-state index is 11.8. The highest BCUT2D eigenvalue weighted by Gasteiger charge is 2.63. The van der Waals surface area contributed by atoms with Gasteiger partial charge in [0, 0.05) is 17.7 Å². The molecule has 2 N–H and O–H groups in total. The van der Waals surface area contributed by atoms with Gasteiger partial charge in [0.2, 0.25) is 5.79 Å². The molecule has 1 aromatic rings. The molecule has 0 aliphatic carbocycles. The largest absolute Gasteiger partial charge is 0.387 e. The van der Waals surface area contributed by atoms with Gasteiger partial charge in [-0.1, -0.05) is 6.92 Å². The fraction of sp³-hybridized carbons (Fsp3) is 0.636. The van der Waals surface area contributed by atoms with Crippen LogP contribution in [0.4, 0.5) is 0 Å². The maximum Gasteiger partial charge on any atom is 0.330 e. The average molecular weight is 254 g/mol. The molecule has 3 rings (SSSR count). The Kier molecular flexibility index (Phi) is 2.28. The van der Waals surface area contributed by atoms with Crippen LogP contribution in [0.25, 0.3) is 0 Å². The van der Waals surface area contributed by atoms with Gasteiger partial charge in [-0.25, -0.2) is 4.79 Å². The van der Waals surface area contributed by atoms with Crippen LogP contribution in [0.1, 0.15) is 18.7 Å². The van der Waals surface area contributed by atoms with Gasteiger partial charge >= 0.3 is 5.69 Å². The van der Waals surface area contributed by atoms with Crippen LogP contribution in [0.5, 0.6) is 0 Å². The van der Waals surface area contributed by atoms with Crippen molar-refractivity contribution in [1.29, 1.82) is 0 Å². The van der Waals surface area contributed by atoms with Crippen molar-refractivity contribution in [1.82, 2.24) is 9.55 Å². The van der Waals surface area contributed by atoms with E-state index in [9.17, 15) is 14.7 Å². The first-order chi connectivity index (χ1) is 8.44. The normalized spacial score (nSPS) is 38.3.